The molecule has 1 aliphatic rings. The molecule has 17 heavy (non-hydrogen) atoms. The van der Waals surface area contributed by atoms with Crippen LogP contribution in [-0.4, -0.2) is 19.6 Å². The molecule has 92 valence electrons. The SMILES string of the molecule is COCC(=O)Nc1ccc(C2CCCC2)cc1. The molecule has 1 aliphatic carbocycles. The summed E-state index contributed by atoms with van der Waals surface area (Å²) in [6, 6.07) is 8.19. The molecular weight excluding hydrogens is 214 g/mol. The largest absolute Gasteiger partial charge is 0.375 e. The minimum absolute atomic E-state index is 0.102. The van der Waals surface area contributed by atoms with Gasteiger partial charge in [-0.25, -0.2) is 0 Å². The molecule has 3 nitrogen and oxygen atoms in total. The Kier molecular flexibility index (Phi) is 4.15. The van der Waals surface area contributed by atoms with Crippen LogP contribution in [0, 0.1) is 0 Å². The van der Waals surface area contributed by atoms with Crippen LogP contribution in [0.2, 0.25) is 0 Å². The molecule has 1 fully saturated rings. The number of hydrogen-bond donors (Lipinski definition) is 1. The number of methoxy groups -OCH3 is 1. The Hall–Kier alpha value is -1.35. The lowest BCUT2D eigenvalue weighted by molar-refractivity contribution is -0.119. The van der Waals surface area contributed by atoms with E-state index in [4.69, 9.17) is 4.74 Å². The zero-order valence-electron chi connectivity index (χ0n) is 10.2. The fourth-order valence-electron chi connectivity index (χ4n) is 2.43. The van der Waals surface area contributed by atoms with Crippen LogP contribution in [0.4, 0.5) is 5.69 Å². The van der Waals surface area contributed by atoms with Crippen LogP contribution < -0.4 is 5.32 Å². The van der Waals surface area contributed by atoms with Crippen molar-refractivity contribution < 1.29 is 9.53 Å². The standard InChI is InChI=1S/C14H19NO2/c1-17-10-14(16)15-13-8-6-12(7-9-13)11-4-2-3-5-11/h6-9,11H,2-5,10H2,1H3,(H,15,16). The van der Waals surface area contributed by atoms with E-state index in [0.717, 1.165) is 11.6 Å². The van der Waals surface area contributed by atoms with Gasteiger partial charge in [-0.15, -0.1) is 0 Å². The van der Waals surface area contributed by atoms with Crippen LogP contribution in [0.25, 0.3) is 0 Å². The molecule has 0 atom stereocenters. The molecule has 0 heterocycles. The van der Waals surface area contributed by atoms with Crippen molar-refractivity contribution in [2.75, 3.05) is 19.0 Å². The fraction of sp³-hybridized carbons (Fsp3) is 0.500. The number of ether oxygens (including phenoxy) is 1. The van der Waals surface area contributed by atoms with Gasteiger partial charge in [0.25, 0.3) is 0 Å². The predicted octanol–water partition coefficient (Wildman–Crippen LogP) is 2.93. The summed E-state index contributed by atoms with van der Waals surface area (Å²) in [6.45, 7) is 0.102. The molecule has 0 radical (unpaired) electrons. The Morgan fingerprint density at radius 1 is 1.29 bits per heavy atom. The van der Waals surface area contributed by atoms with Gasteiger partial charge in [-0.1, -0.05) is 25.0 Å². The fourth-order valence-corrected chi connectivity index (χ4v) is 2.43. The minimum Gasteiger partial charge on any atom is -0.375 e. The Morgan fingerprint density at radius 2 is 1.94 bits per heavy atom. The van der Waals surface area contributed by atoms with Crippen molar-refractivity contribution in [2.45, 2.75) is 31.6 Å². The van der Waals surface area contributed by atoms with Gasteiger partial charge in [-0.05, 0) is 36.5 Å². The van der Waals surface area contributed by atoms with E-state index in [0.29, 0.717) is 0 Å². The lowest BCUT2D eigenvalue weighted by atomic mass is 9.98. The van der Waals surface area contributed by atoms with Gasteiger partial charge in [0, 0.05) is 12.8 Å². The first kappa shape index (κ1) is 12.1. The molecule has 0 unspecified atom stereocenters. The van der Waals surface area contributed by atoms with Crippen molar-refractivity contribution in [3.8, 4) is 0 Å². The number of nitrogens with one attached hydrogen (secondary N) is 1. The summed E-state index contributed by atoms with van der Waals surface area (Å²) in [5.41, 5.74) is 2.24. The van der Waals surface area contributed by atoms with Crippen LogP contribution >= 0.6 is 0 Å². The van der Waals surface area contributed by atoms with Crippen LogP contribution in [0.5, 0.6) is 0 Å². The Labute approximate surface area is 102 Å². The van der Waals surface area contributed by atoms with Gasteiger partial charge in [0.15, 0.2) is 0 Å². The lowest BCUT2D eigenvalue weighted by Gasteiger charge is -2.10. The zero-order chi connectivity index (χ0) is 12.1. The van der Waals surface area contributed by atoms with E-state index in [-0.39, 0.29) is 12.5 Å². The minimum atomic E-state index is -0.110. The van der Waals surface area contributed by atoms with E-state index in [1.54, 1.807) is 0 Å². The Bertz CT molecular complexity index is 366. The van der Waals surface area contributed by atoms with Gasteiger partial charge in [-0.3, -0.25) is 4.79 Å². The third kappa shape index (κ3) is 3.30. The maximum Gasteiger partial charge on any atom is 0.250 e. The first-order chi connectivity index (χ1) is 8.29. The van der Waals surface area contributed by atoms with Crippen molar-refractivity contribution in [1.29, 1.82) is 0 Å². The zero-order valence-corrected chi connectivity index (χ0v) is 10.2. The highest BCUT2D eigenvalue weighted by molar-refractivity contribution is 5.91. The van der Waals surface area contributed by atoms with E-state index in [9.17, 15) is 4.79 Å². The summed E-state index contributed by atoms with van der Waals surface area (Å²) < 4.78 is 4.77. The molecule has 0 aromatic heterocycles. The maximum absolute atomic E-state index is 11.3. The van der Waals surface area contributed by atoms with Crippen LogP contribution in [0.15, 0.2) is 24.3 Å². The predicted molar refractivity (Wildman–Crippen MR) is 68.2 cm³/mol. The van der Waals surface area contributed by atoms with E-state index in [1.807, 2.05) is 12.1 Å². The smallest absolute Gasteiger partial charge is 0.250 e. The van der Waals surface area contributed by atoms with E-state index >= 15 is 0 Å². The number of anilines is 1. The average molecular weight is 233 g/mol. The highest BCUT2D eigenvalue weighted by atomic mass is 16.5. The molecule has 0 saturated heterocycles. The summed E-state index contributed by atoms with van der Waals surface area (Å²) in [4.78, 5) is 11.3. The monoisotopic (exact) mass is 233 g/mol. The molecule has 1 aromatic carbocycles. The number of rotatable bonds is 4. The van der Waals surface area contributed by atoms with E-state index < -0.39 is 0 Å². The second-order valence-corrected chi connectivity index (χ2v) is 4.58. The average Bonchev–Trinajstić information content (AvgIpc) is 2.84. The highest BCUT2D eigenvalue weighted by Gasteiger charge is 2.16. The molecule has 3 heteroatoms. The Morgan fingerprint density at radius 3 is 2.53 bits per heavy atom. The third-order valence-corrected chi connectivity index (χ3v) is 3.30. The summed E-state index contributed by atoms with van der Waals surface area (Å²) in [5, 5.41) is 2.80. The maximum atomic E-state index is 11.3. The number of hydrogen-bond acceptors (Lipinski definition) is 2. The molecule has 0 spiro atoms. The number of carbonyl (C=O) groups is 1. The normalized spacial score (nSPS) is 16.1. The van der Waals surface area contributed by atoms with E-state index in [2.05, 4.69) is 17.4 Å². The van der Waals surface area contributed by atoms with Gasteiger partial charge < -0.3 is 10.1 Å². The summed E-state index contributed by atoms with van der Waals surface area (Å²) >= 11 is 0. The summed E-state index contributed by atoms with van der Waals surface area (Å²) in [7, 11) is 1.52. The molecule has 0 bridgehead atoms. The van der Waals surface area contributed by atoms with Crippen LogP contribution in [0.1, 0.15) is 37.2 Å². The molecule has 0 aliphatic heterocycles. The molecule has 1 N–H and O–H groups in total. The second-order valence-electron chi connectivity index (χ2n) is 4.58. The van der Waals surface area contributed by atoms with Crippen molar-refractivity contribution in [1.82, 2.24) is 0 Å². The van der Waals surface area contributed by atoms with E-state index in [1.165, 1.54) is 38.4 Å². The summed E-state index contributed by atoms with van der Waals surface area (Å²) in [5.74, 6) is 0.611. The van der Waals surface area contributed by atoms with Crippen molar-refractivity contribution in [3.63, 3.8) is 0 Å². The third-order valence-electron chi connectivity index (χ3n) is 3.30. The first-order valence-electron chi connectivity index (χ1n) is 6.18. The lowest BCUT2D eigenvalue weighted by Crippen LogP contribution is -2.16. The van der Waals surface area contributed by atoms with Gasteiger partial charge in [0.1, 0.15) is 6.61 Å². The van der Waals surface area contributed by atoms with Crippen LogP contribution in [0.3, 0.4) is 0 Å². The van der Waals surface area contributed by atoms with Crippen LogP contribution in [-0.2, 0) is 9.53 Å². The quantitative estimate of drug-likeness (QED) is 0.868. The summed E-state index contributed by atoms with van der Waals surface area (Å²) in [6.07, 6.45) is 5.29. The molecule has 1 amide bonds. The van der Waals surface area contributed by atoms with Gasteiger partial charge in [0.2, 0.25) is 5.91 Å². The topological polar surface area (TPSA) is 38.3 Å². The number of benzene rings is 1. The van der Waals surface area contributed by atoms with Gasteiger partial charge in [0.05, 0.1) is 0 Å². The number of amides is 1. The molecular formula is C14H19NO2. The Balaban J connectivity index is 1.95. The van der Waals surface area contributed by atoms with Crippen molar-refractivity contribution in [2.24, 2.45) is 0 Å². The number of carbonyl (C=O) groups excluding carboxylic acids is 1. The first-order valence-corrected chi connectivity index (χ1v) is 6.18. The van der Waals surface area contributed by atoms with Gasteiger partial charge in [-0.2, -0.15) is 0 Å². The van der Waals surface area contributed by atoms with Crippen molar-refractivity contribution in [3.05, 3.63) is 29.8 Å². The highest BCUT2D eigenvalue weighted by Crippen LogP contribution is 2.34. The van der Waals surface area contributed by atoms with Crippen molar-refractivity contribution >= 4 is 11.6 Å². The second kappa shape index (κ2) is 5.82. The molecule has 2 rings (SSSR count). The van der Waals surface area contributed by atoms with Gasteiger partial charge >= 0.3 is 0 Å². The molecule has 1 saturated carbocycles. The molecule has 1 aromatic rings.